The second-order valence-electron chi connectivity index (χ2n) is 4.80. The lowest BCUT2D eigenvalue weighted by Gasteiger charge is -2.09. The number of nitrogens with one attached hydrogen (secondary N) is 2. The van der Waals surface area contributed by atoms with Crippen LogP contribution in [0.2, 0.25) is 0 Å². The third kappa shape index (κ3) is 2.58. The predicted molar refractivity (Wildman–Crippen MR) is 82.1 cm³/mol. The van der Waals surface area contributed by atoms with Crippen LogP contribution in [-0.2, 0) is 4.79 Å². The molecule has 0 bridgehead atoms. The molecule has 1 amide bonds. The molecule has 0 spiro atoms. The van der Waals surface area contributed by atoms with Crippen LogP contribution in [0.1, 0.15) is 6.92 Å². The van der Waals surface area contributed by atoms with Crippen LogP contribution in [-0.4, -0.2) is 15.9 Å². The van der Waals surface area contributed by atoms with Crippen LogP contribution in [0.5, 0.6) is 0 Å². The van der Waals surface area contributed by atoms with Crippen molar-refractivity contribution < 1.29 is 9.18 Å². The zero-order valence-electron chi connectivity index (χ0n) is 11.7. The predicted octanol–water partition coefficient (Wildman–Crippen LogP) is 2.69. The molecule has 0 aliphatic heterocycles. The summed E-state index contributed by atoms with van der Waals surface area (Å²) in [7, 11) is 0. The van der Waals surface area contributed by atoms with E-state index < -0.39 is 11.4 Å². The van der Waals surface area contributed by atoms with E-state index in [4.69, 9.17) is 0 Å². The fraction of sp³-hybridized carbons (Fsp3) is 0.0625. The van der Waals surface area contributed by atoms with E-state index >= 15 is 0 Å². The number of aromatic amines is 1. The molecule has 0 saturated heterocycles. The minimum atomic E-state index is -0.510. The molecule has 3 aromatic rings. The molecule has 0 fully saturated rings. The topological polar surface area (TPSA) is 74.8 Å². The first kappa shape index (κ1) is 13.9. The van der Waals surface area contributed by atoms with E-state index in [0.29, 0.717) is 16.6 Å². The number of H-pyrrole nitrogens is 1. The van der Waals surface area contributed by atoms with E-state index in [0.717, 1.165) is 6.07 Å². The SMILES string of the molecule is CC(=O)Nc1cc(F)ccc1-c1nc2ccccc2[nH]c1=O. The first-order chi connectivity index (χ1) is 10.5. The van der Waals surface area contributed by atoms with Crippen LogP contribution in [0, 0.1) is 5.82 Å². The Morgan fingerprint density at radius 3 is 2.77 bits per heavy atom. The zero-order chi connectivity index (χ0) is 15.7. The maximum absolute atomic E-state index is 13.4. The summed E-state index contributed by atoms with van der Waals surface area (Å²) < 4.78 is 13.4. The number of carbonyl (C=O) groups is 1. The molecule has 0 radical (unpaired) electrons. The summed E-state index contributed by atoms with van der Waals surface area (Å²) in [4.78, 5) is 30.5. The normalized spacial score (nSPS) is 10.6. The minimum Gasteiger partial charge on any atom is -0.326 e. The maximum Gasteiger partial charge on any atom is 0.275 e. The quantitative estimate of drug-likeness (QED) is 0.763. The highest BCUT2D eigenvalue weighted by molar-refractivity contribution is 5.94. The molecule has 6 heteroatoms. The number of fused-ring (bicyclic) bond motifs is 1. The van der Waals surface area contributed by atoms with Gasteiger partial charge in [-0.05, 0) is 30.3 Å². The first-order valence-corrected chi connectivity index (χ1v) is 6.61. The van der Waals surface area contributed by atoms with Gasteiger partial charge in [-0.2, -0.15) is 0 Å². The van der Waals surface area contributed by atoms with Gasteiger partial charge in [0, 0.05) is 12.5 Å². The molecule has 1 aromatic heterocycles. The number of halogens is 1. The molecule has 0 saturated carbocycles. The van der Waals surface area contributed by atoms with Gasteiger partial charge in [-0.15, -0.1) is 0 Å². The largest absolute Gasteiger partial charge is 0.326 e. The zero-order valence-corrected chi connectivity index (χ0v) is 11.7. The van der Waals surface area contributed by atoms with Crippen molar-refractivity contribution in [3.05, 3.63) is 58.6 Å². The second kappa shape index (κ2) is 5.40. The molecule has 5 nitrogen and oxygen atoms in total. The molecule has 1 heterocycles. The smallest absolute Gasteiger partial charge is 0.275 e. The van der Waals surface area contributed by atoms with Gasteiger partial charge < -0.3 is 10.3 Å². The van der Waals surface area contributed by atoms with Gasteiger partial charge in [-0.3, -0.25) is 9.59 Å². The number of hydrogen-bond donors (Lipinski definition) is 2. The Bertz CT molecular complexity index is 934. The summed E-state index contributed by atoms with van der Waals surface area (Å²) in [5.74, 6) is -0.867. The average Bonchev–Trinajstić information content (AvgIpc) is 2.46. The highest BCUT2D eigenvalue weighted by Crippen LogP contribution is 2.26. The molecule has 0 aliphatic rings. The van der Waals surface area contributed by atoms with Gasteiger partial charge in [-0.25, -0.2) is 9.37 Å². The number of hydrogen-bond acceptors (Lipinski definition) is 3. The van der Waals surface area contributed by atoms with Gasteiger partial charge in [0.25, 0.3) is 5.56 Å². The molecule has 3 rings (SSSR count). The third-order valence-corrected chi connectivity index (χ3v) is 3.15. The fourth-order valence-corrected chi connectivity index (χ4v) is 2.23. The highest BCUT2D eigenvalue weighted by atomic mass is 19.1. The number of benzene rings is 2. The van der Waals surface area contributed by atoms with E-state index in [9.17, 15) is 14.0 Å². The monoisotopic (exact) mass is 297 g/mol. The van der Waals surface area contributed by atoms with Crippen molar-refractivity contribution in [2.75, 3.05) is 5.32 Å². The summed E-state index contributed by atoms with van der Waals surface area (Å²) >= 11 is 0. The molecule has 0 unspecified atom stereocenters. The Morgan fingerprint density at radius 2 is 2.00 bits per heavy atom. The van der Waals surface area contributed by atoms with Crippen molar-refractivity contribution in [1.29, 1.82) is 0 Å². The van der Waals surface area contributed by atoms with Gasteiger partial charge in [0.1, 0.15) is 11.5 Å². The van der Waals surface area contributed by atoms with E-state index in [-0.39, 0.29) is 17.3 Å². The average molecular weight is 297 g/mol. The maximum atomic E-state index is 13.4. The number of nitrogens with zero attached hydrogens (tertiary/aromatic N) is 1. The Kier molecular flexibility index (Phi) is 3.42. The first-order valence-electron chi connectivity index (χ1n) is 6.61. The highest BCUT2D eigenvalue weighted by Gasteiger charge is 2.13. The second-order valence-corrected chi connectivity index (χ2v) is 4.80. The van der Waals surface area contributed by atoms with Crippen molar-refractivity contribution in [1.82, 2.24) is 9.97 Å². The van der Waals surface area contributed by atoms with Crippen molar-refractivity contribution in [2.45, 2.75) is 6.92 Å². The molecule has 0 aliphatic carbocycles. The van der Waals surface area contributed by atoms with Crippen LogP contribution < -0.4 is 10.9 Å². The molecule has 110 valence electrons. The minimum absolute atomic E-state index is 0.127. The van der Waals surface area contributed by atoms with E-state index in [2.05, 4.69) is 15.3 Å². The number of carbonyl (C=O) groups excluding carboxylic acids is 1. The number of rotatable bonds is 2. The third-order valence-electron chi connectivity index (χ3n) is 3.15. The molecule has 2 N–H and O–H groups in total. The van der Waals surface area contributed by atoms with Crippen LogP contribution in [0.15, 0.2) is 47.3 Å². The summed E-state index contributed by atoms with van der Waals surface area (Å²) in [6.07, 6.45) is 0. The molecule has 2 aromatic carbocycles. The van der Waals surface area contributed by atoms with Gasteiger partial charge >= 0.3 is 0 Å². The van der Waals surface area contributed by atoms with Gasteiger partial charge in [-0.1, -0.05) is 12.1 Å². The number of para-hydroxylation sites is 2. The Hall–Kier alpha value is -3.02. The molecular weight excluding hydrogens is 285 g/mol. The van der Waals surface area contributed by atoms with Gasteiger partial charge in [0.15, 0.2) is 0 Å². The Balaban J connectivity index is 2.25. The Morgan fingerprint density at radius 1 is 1.23 bits per heavy atom. The number of anilines is 1. The number of aromatic nitrogens is 2. The van der Waals surface area contributed by atoms with E-state index in [1.807, 2.05) is 0 Å². The van der Waals surface area contributed by atoms with Crippen molar-refractivity contribution in [2.24, 2.45) is 0 Å². The summed E-state index contributed by atoms with van der Waals surface area (Å²) in [5, 5.41) is 2.52. The molecule has 0 atom stereocenters. The van der Waals surface area contributed by atoms with Crippen LogP contribution >= 0.6 is 0 Å². The van der Waals surface area contributed by atoms with Crippen LogP contribution in [0.3, 0.4) is 0 Å². The number of amides is 1. The van der Waals surface area contributed by atoms with Gasteiger partial charge in [0.2, 0.25) is 5.91 Å². The Labute approximate surface area is 124 Å². The fourth-order valence-electron chi connectivity index (χ4n) is 2.23. The summed E-state index contributed by atoms with van der Waals surface area (Å²) in [5.41, 5.74) is 1.51. The molecule has 22 heavy (non-hydrogen) atoms. The van der Waals surface area contributed by atoms with E-state index in [1.165, 1.54) is 19.1 Å². The lowest BCUT2D eigenvalue weighted by Crippen LogP contribution is -2.14. The van der Waals surface area contributed by atoms with Gasteiger partial charge in [0.05, 0.1) is 16.7 Å². The summed E-state index contributed by atoms with van der Waals surface area (Å²) in [6, 6.07) is 10.9. The van der Waals surface area contributed by atoms with Crippen molar-refractivity contribution >= 4 is 22.6 Å². The summed E-state index contributed by atoms with van der Waals surface area (Å²) in [6.45, 7) is 1.31. The lowest BCUT2D eigenvalue weighted by molar-refractivity contribution is -0.114. The standard InChI is InChI=1S/C16H12FN3O2/c1-9(21)18-14-8-10(17)6-7-11(14)15-16(22)20-13-5-3-2-4-12(13)19-15/h2-8H,1H3,(H,18,21)(H,20,22). The molecular formula is C16H12FN3O2. The van der Waals surface area contributed by atoms with Crippen molar-refractivity contribution in [3.8, 4) is 11.3 Å². The van der Waals surface area contributed by atoms with E-state index in [1.54, 1.807) is 24.3 Å². The van der Waals surface area contributed by atoms with Crippen molar-refractivity contribution in [3.63, 3.8) is 0 Å². The lowest BCUT2D eigenvalue weighted by atomic mass is 10.1. The van der Waals surface area contributed by atoms with Crippen LogP contribution in [0.4, 0.5) is 10.1 Å². The van der Waals surface area contributed by atoms with Crippen LogP contribution in [0.25, 0.3) is 22.3 Å².